The van der Waals surface area contributed by atoms with E-state index in [1.165, 1.54) is 12.1 Å². The van der Waals surface area contributed by atoms with Crippen LogP contribution in [0.3, 0.4) is 0 Å². The number of hydrogen-bond donors (Lipinski definition) is 1. The van der Waals surface area contributed by atoms with Crippen LogP contribution in [0.1, 0.15) is 19.4 Å². The monoisotopic (exact) mass is 291 g/mol. The molecular formula is C16H19F2N3. The van der Waals surface area contributed by atoms with Crippen molar-refractivity contribution in [2.75, 3.05) is 18.0 Å². The molecule has 3 nitrogen and oxygen atoms in total. The summed E-state index contributed by atoms with van der Waals surface area (Å²) in [6.07, 6.45) is 1.58. The molecule has 1 aromatic carbocycles. The Bertz CT molecular complexity index is 602. The quantitative estimate of drug-likeness (QED) is 0.881. The fraction of sp³-hybridized carbons (Fsp3) is 0.312. The first-order valence-electron chi connectivity index (χ1n) is 7.04. The topological polar surface area (TPSA) is 28.2 Å². The molecule has 0 amide bonds. The molecule has 1 aromatic heterocycles. The van der Waals surface area contributed by atoms with Gasteiger partial charge in [0.2, 0.25) is 0 Å². The van der Waals surface area contributed by atoms with Crippen LogP contribution >= 0.6 is 0 Å². The van der Waals surface area contributed by atoms with Crippen LogP contribution in [0.5, 0.6) is 0 Å². The van der Waals surface area contributed by atoms with Crippen LogP contribution < -0.4 is 10.2 Å². The van der Waals surface area contributed by atoms with Gasteiger partial charge in [-0.15, -0.1) is 0 Å². The Morgan fingerprint density at radius 3 is 2.67 bits per heavy atom. The lowest BCUT2D eigenvalue weighted by molar-refractivity contribution is 0.585. The zero-order chi connectivity index (χ0) is 15.2. The van der Waals surface area contributed by atoms with E-state index in [-0.39, 0.29) is 17.5 Å². The zero-order valence-corrected chi connectivity index (χ0v) is 12.2. The van der Waals surface area contributed by atoms with E-state index in [0.29, 0.717) is 24.3 Å². The highest BCUT2D eigenvalue weighted by molar-refractivity contribution is 5.61. The third kappa shape index (κ3) is 3.55. The fourth-order valence-electron chi connectivity index (χ4n) is 2.15. The van der Waals surface area contributed by atoms with E-state index in [1.54, 1.807) is 29.3 Å². The van der Waals surface area contributed by atoms with Gasteiger partial charge in [-0.05, 0) is 37.7 Å². The maximum Gasteiger partial charge on any atom is 0.170 e. The molecule has 2 rings (SSSR count). The number of nitrogens with zero attached hydrogens (tertiary/aromatic N) is 2. The number of pyridine rings is 1. The average Bonchev–Trinajstić information content (AvgIpc) is 2.48. The summed E-state index contributed by atoms with van der Waals surface area (Å²) in [5.41, 5.74) is 1.14. The van der Waals surface area contributed by atoms with Crippen LogP contribution in [0.15, 0.2) is 36.5 Å². The van der Waals surface area contributed by atoms with Crippen LogP contribution in [0.25, 0.3) is 0 Å². The van der Waals surface area contributed by atoms with Crippen molar-refractivity contribution in [3.8, 4) is 0 Å². The fourth-order valence-corrected chi connectivity index (χ4v) is 2.15. The number of nitrogens with one attached hydrogen (secondary N) is 1. The molecule has 0 spiro atoms. The Morgan fingerprint density at radius 2 is 2.00 bits per heavy atom. The molecular weight excluding hydrogens is 272 g/mol. The first-order chi connectivity index (χ1) is 10.2. The standard InChI is InChI=1S/C16H19F2N3/c1-3-19-11-12-8-9-20-16(15(12)18)21(4-2)14-7-5-6-13(17)10-14/h5-10,19H,3-4,11H2,1-2H3. The molecule has 5 heteroatoms. The van der Waals surface area contributed by atoms with Crippen LogP contribution in [0.2, 0.25) is 0 Å². The molecule has 21 heavy (non-hydrogen) atoms. The lowest BCUT2D eigenvalue weighted by Crippen LogP contribution is -2.21. The van der Waals surface area contributed by atoms with E-state index in [9.17, 15) is 8.78 Å². The SMILES string of the molecule is CCNCc1ccnc(N(CC)c2cccc(F)c2)c1F. The second-order valence-corrected chi connectivity index (χ2v) is 4.61. The highest BCUT2D eigenvalue weighted by atomic mass is 19.1. The van der Waals surface area contributed by atoms with Crippen molar-refractivity contribution in [1.29, 1.82) is 0 Å². The zero-order valence-electron chi connectivity index (χ0n) is 12.2. The van der Waals surface area contributed by atoms with Crippen LogP contribution in [0, 0.1) is 11.6 Å². The lowest BCUT2D eigenvalue weighted by Gasteiger charge is -2.23. The summed E-state index contributed by atoms with van der Waals surface area (Å²) in [6.45, 7) is 5.54. The van der Waals surface area contributed by atoms with Crippen molar-refractivity contribution in [2.24, 2.45) is 0 Å². The molecule has 0 atom stereocenters. The molecule has 0 radical (unpaired) electrons. The predicted octanol–water partition coefficient (Wildman–Crippen LogP) is 3.63. The molecule has 0 bridgehead atoms. The summed E-state index contributed by atoms with van der Waals surface area (Å²) in [7, 11) is 0. The minimum Gasteiger partial charge on any atom is -0.324 e. The third-order valence-corrected chi connectivity index (χ3v) is 3.21. The van der Waals surface area contributed by atoms with Gasteiger partial charge in [0.25, 0.3) is 0 Å². The summed E-state index contributed by atoms with van der Waals surface area (Å²) in [5, 5.41) is 3.09. The van der Waals surface area contributed by atoms with Gasteiger partial charge in [-0.25, -0.2) is 13.8 Å². The number of aromatic nitrogens is 1. The van der Waals surface area contributed by atoms with Gasteiger partial charge in [-0.2, -0.15) is 0 Å². The van der Waals surface area contributed by atoms with Gasteiger partial charge < -0.3 is 10.2 Å². The van der Waals surface area contributed by atoms with Crippen molar-refractivity contribution < 1.29 is 8.78 Å². The van der Waals surface area contributed by atoms with Crippen LogP contribution in [-0.4, -0.2) is 18.1 Å². The van der Waals surface area contributed by atoms with Crippen molar-refractivity contribution in [3.05, 3.63) is 53.7 Å². The number of anilines is 2. The van der Waals surface area contributed by atoms with Crippen molar-refractivity contribution in [1.82, 2.24) is 10.3 Å². The van der Waals surface area contributed by atoms with Gasteiger partial charge in [0.1, 0.15) is 5.82 Å². The minimum absolute atomic E-state index is 0.221. The van der Waals surface area contributed by atoms with E-state index in [1.807, 2.05) is 13.8 Å². The van der Waals surface area contributed by atoms with Gasteiger partial charge in [0.15, 0.2) is 11.6 Å². The van der Waals surface area contributed by atoms with Crippen molar-refractivity contribution in [3.63, 3.8) is 0 Å². The molecule has 1 heterocycles. The molecule has 1 N–H and O–H groups in total. The van der Waals surface area contributed by atoms with Gasteiger partial charge in [0.05, 0.1) is 0 Å². The van der Waals surface area contributed by atoms with E-state index in [2.05, 4.69) is 10.3 Å². The van der Waals surface area contributed by atoms with Crippen molar-refractivity contribution in [2.45, 2.75) is 20.4 Å². The smallest absolute Gasteiger partial charge is 0.170 e. The molecule has 0 aliphatic heterocycles. The molecule has 0 aliphatic rings. The molecule has 0 saturated carbocycles. The number of halogens is 2. The number of rotatable bonds is 6. The Balaban J connectivity index is 2.38. The number of benzene rings is 1. The second kappa shape index (κ2) is 7.13. The normalized spacial score (nSPS) is 10.7. The average molecular weight is 291 g/mol. The first-order valence-corrected chi connectivity index (χ1v) is 7.04. The minimum atomic E-state index is -0.371. The van der Waals surface area contributed by atoms with E-state index in [4.69, 9.17) is 0 Å². The van der Waals surface area contributed by atoms with Crippen LogP contribution in [0.4, 0.5) is 20.3 Å². The summed E-state index contributed by atoms with van der Waals surface area (Å²) in [5.74, 6) is -0.502. The summed E-state index contributed by atoms with van der Waals surface area (Å²) < 4.78 is 28.0. The Hall–Kier alpha value is -2.01. The van der Waals surface area contributed by atoms with Gasteiger partial charge in [-0.1, -0.05) is 13.0 Å². The summed E-state index contributed by atoms with van der Waals surface area (Å²) >= 11 is 0. The largest absolute Gasteiger partial charge is 0.324 e. The Kier molecular flexibility index (Phi) is 5.22. The maximum atomic E-state index is 14.6. The van der Waals surface area contributed by atoms with Crippen LogP contribution in [-0.2, 0) is 6.54 Å². The number of hydrogen-bond acceptors (Lipinski definition) is 3. The predicted molar refractivity (Wildman–Crippen MR) is 80.7 cm³/mol. The van der Waals surface area contributed by atoms with E-state index in [0.717, 1.165) is 6.54 Å². The van der Waals surface area contributed by atoms with Crippen molar-refractivity contribution >= 4 is 11.5 Å². The molecule has 0 saturated heterocycles. The maximum absolute atomic E-state index is 14.6. The molecule has 0 unspecified atom stereocenters. The highest BCUT2D eigenvalue weighted by Gasteiger charge is 2.16. The summed E-state index contributed by atoms with van der Waals surface area (Å²) in [6, 6.07) is 7.74. The van der Waals surface area contributed by atoms with E-state index < -0.39 is 0 Å². The molecule has 112 valence electrons. The van der Waals surface area contributed by atoms with Gasteiger partial charge >= 0.3 is 0 Å². The van der Waals surface area contributed by atoms with Gasteiger partial charge in [-0.3, -0.25) is 0 Å². The lowest BCUT2D eigenvalue weighted by atomic mass is 10.2. The summed E-state index contributed by atoms with van der Waals surface area (Å²) in [4.78, 5) is 5.79. The van der Waals surface area contributed by atoms with Gasteiger partial charge in [0, 0.05) is 30.5 Å². The molecule has 2 aromatic rings. The second-order valence-electron chi connectivity index (χ2n) is 4.61. The van der Waals surface area contributed by atoms with E-state index >= 15 is 0 Å². The molecule has 0 fully saturated rings. The third-order valence-electron chi connectivity index (χ3n) is 3.21. The molecule has 0 aliphatic carbocycles. The first kappa shape index (κ1) is 15.4. The Morgan fingerprint density at radius 1 is 1.19 bits per heavy atom. The Labute approximate surface area is 123 Å². The highest BCUT2D eigenvalue weighted by Crippen LogP contribution is 2.27.